The van der Waals surface area contributed by atoms with Gasteiger partial charge in [-0.15, -0.1) is 0 Å². The summed E-state index contributed by atoms with van der Waals surface area (Å²) in [6, 6.07) is 3.12. The van der Waals surface area contributed by atoms with Crippen molar-refractivity contribution in [3.63, 3.8) is 0 Å². The highest BCUT2D eigenvalue weighted by Gasteiger charge is 2.36. The Kier molecular flexibility index (Phi) is 2.99. The number of aromatic carboxylic acids is 1. The molecule has 3 N–H and O–H groups in total. The van der Waals surface area contributed by atoms with Crippen LogP contribution in [-0.2, 0) is 12.7 Å². The number of hydrogen-bond acceptors (Lipinski definition) is 2. The van der Waals surface area contributed by atoms with Gasteiger partial charge in [0.05, 0.1) is 11.1 Å². The Bertz CT molecular complexity index is 387. The molecular weight excluding hydrogens is 211 g/mol. The van der Waals surface area contributed by atoms with Crippen LogP contribution in [0.2, 0.25) is 0 Å². The second-order valence-electron chi connectivity index (χ2n) is 2.85. The van der Waals surface area contributed by atoms with Gasteiger partial charge in [0, 0.05) is 6.54 Å². The number of hydrogen-bond donors (Lipinski definition) is 2. The van der Waals surface area contributed by atoms with Gasteiger partial charge in [0.15, 0.2) is 0 Å². The Hall–Kier alpha value is -1.56. The van der Waals surface area contributed by atoms with Crippen LogP contribution in [-0.4, -0.2) is 11.1 Å². The lowest BCUT2D eigenvalue weighted by molar-refractivity contribution is -0.138. The molecule has 0 aliphatic rings. The summed E-state index contributed by atoms with van der Waals surface area (Å²) in [5, 5.41) is 8.69. The van der Waals surface area contributed by atoms with E-state index in [4.69, 9.17) is 10.8 Å². The lowest BCUT2D eigenvalue weighted by Gasteiger charge is -2.12. The molecule has 0 unspecified atom stereocenters. The van der Waals surface area contributed by atoms with Gasteiger partial charge in [0.2, 0.25) is 0 Å². The number of carbonyl (C=O) groups is 1. The van der Waals surface area contributed by atoms with E-state index in [0.717, 1.165) is 12.1 Å². The number of nitrogens with two attached hydrogens (primary N) is 1. The monoisotopic (exact) mass is 219 g/mol. The third-order valence-electron chi connectivity index (χ3n) is 1.89. The van der Waals surface area contributed by atoms with Crippen LogP contribution >= 0.6 is 0 Å². The molecular formula is C9H8F3NO2. The summed E-state index contributed by atoms with van der Waals surface area (Å²) in [6.07, 6.45) is -4.68. The molecule has 82 valence electrons. The minimum atomic E-state index is -4.68. The Morgan fingerprint density at radius 1 is 1.40 bits per heavy atom. The topological polar surface area (TPSA) is 63.3 Å². The zero-order valence-electron chi connectivity index (χ0n) is 7.51. The highest BCUT2D eigenvalue weighted by Crippen LogP contribution is 2.33. The summed E-state index contributed by atoms with van der Waals surface area (Å²) in [5.41, 5.74) is 3.20. The van der Waals surface area contributed by atoms with Crippen LogP contribution in [0.15, 0.2) is 18.2 Å². The molecule has 0 saturated heterocycles. The summed E-state index contributed by atoms with van der Waals surface area (Å²) < 4.78 is 37.3. The number of rotatable bonds is 2. The molecule has 0 radical (unpaired) electrons. The number of carboxylic acid groups (broad SMARTS) is 1. The Morgan fingerprint density at radius 2 is 2.00 bits per heavy atom. The number of benzene rings is 1. The van der Waals surface area contributed by atoms with Gasteiger partial charge in [-0.05, 0) is 11.6 Å². The van der Waals surface area contributed by atoms with Crippen LogP contribution in [0, 0.1) is 0 Å². The molecule has 1 aromatic rings. The van der Waals surface area contributed by atoms with Crippen molar-refractivity contribution in [1.82, 2.24) is 0 Å². The van der Waals surface area contributed by atoms with Crippen molar-refractivity contribution < 1.29 is 23.1 Å². The second kappa shape index (κ2) is 3.90. The normalized spacial score (nSPS) is 11.5. The van der Waals surface area contributed by atoms with Gasteiger partial charge in [0.1, 0.15) is 0 Å². The molecule has 0 bridgehead atoms. The van der Waals surface area contributed by atoms with Crippen molar-refractivity contribution in [1.29, 1.82) is 0 Å². The van der Waals surface area contributed by atoms with E-state index in [1.54, 1.807) is 0 Å². The first-order valence-electron chi connectivity index (χ1n) is 4.00. The van der Waals surface area contributed by atoms with E-state index < -0.39 is 23.3 Å². The molecule has 0 aliphatic carbocycles. The van der Waals surface area contributed by atoms with E-state index in [0.29, 0.717) is 0 Å². The summed E-state index contributed by atoms with van der Waals surface area (Å²) in [7, 11) is 0. The maximum absolute atomic E-state index is 12.4. The quantitative estimate of drug-likeness (QED) is 0.797. The standard InChI is InChI=1S/C9H8F3NO2/c10-9(11,12)6-3-1-2-5(4-13)7(6)8(14)15/h1-3H,4,13H2,(H,14,15). The predicted molar refractivity (Wildman–Crippen MR) is 46.3 cm³/mol. The fraction of sp³-hybridized carbons (Fsp3) is 0.222. The third-order valence-corrected chi connectivity index (χ3v) is 1.89. The first-order chi connectivity index (χ1) is 6.88. The zero-order chi connectivity index (χ0) is 11.6. The van der Waals surface area contributed by atoms with Crippen molar-refractivity contribution in [3.05, 3.63) is 34.9 Å². The molecule has 3 nitrogen and oxygen atoms in total. The molecule has 6 heteroatoms. The van der Waals surface area contributed by atoms with E-state index in [2.05, 4.69) is 0 Å². The van der Waals surface area contributed by atoms with Crippen LogP contribution in [0.25, 0.3) is 0 Å². The summed E-state index contributed by atoms with van der Waals surface area (Å²) in [5.74, 6) is -1.62. The van der Waals surface area contributed by atoms with E-state index >= 15 is 0 Å². The van der Waals surface area contributed by atoms with Gasteiger partial charge in [0.25, 0.3) is 0 Å². The first-order valence-corrected chi connectivity index (χ1v) is 4.00. The number of halogens is 3. The molecule has 0 aliphatic heterocycles. The second-order valence-corrected chi connectivity index (χ2v) is 2.85. The van der Waals surface area contributed by atoms with Crippen molar-refractivity contribution in [2.45, 2.75) is 12.7 Å². The minimum Gasteiger partial charge on any atom is -0.478 e. The van der Waals surface area contributed by atoms with Crippen molar-refractivity contribution >= 4 is 5.97 Å². The molecule has 0 aromatic heterocycles. The highest BCUT2D eigenvalue weighted by molar-refractivity contribution is 5.91. The van der Waals surface area contributed by atoms with Gasteiger partial charge in [-0.25, -0.2) is 4.79 Å². The Balaban J connectivity index is 3.46. The zero-order valence-corrected chi connectivity index (χ0v) is 7.51. The molecule has 0 atom stereocenters. The first kappa shape index (κ1) is 11.5. The van der Waals surface area contributed by atoms with Crippen molar-refractivity contribution in [2.24, 2.45) is 5.73 Å². The molecule has 15 heavy (non-hydrogen) atoms. The Morgan fingerprint density at radius 3 is 2.40 bits per heavy atom. The highest BCUT2D eigenvalue weighted by atomic mass is 19.4. The van der Waals surface area contributed by atoms with E-state index in [1.807, 2.05) is 0 Å². The molecule has 0 spiro atoms. The maximum atomic E-state index is 12.4. The third kappa shape index (κ3) is 2.27. The lowest BCUT2D eigenvalue weighted by Crippen LogP contribution is -2.16. The van der Waals surface area contributed by atoms with Gasteiger partial charge < -0.3 is 10.8 Å². The van der Waals surface area contributed by atoms with Gasteiger partial charge in [-0.3, -0.25) is 0 Å². The van der Waals surface area contributed by atoms with Gasteiger partial charge in [-0.2, -0.15) is 13.2 Å². The smallest absolute Gasteiger partial charge is 0.417 e. The summed E-state index contributed by atoms with van der Waals surface area (Å²) >= 11 is 0. The van der Waals surface area contributed by atoms with Crippen LogP contribution in [0.5, 0.6) is 0 Å². The van der Waals surface area contributed by atoms with E-state index in [-0.39, 0.29) is 12.1 Å². The van der Waals surface area contributed by atoms with E-state index in [1.165, 1.54) is 6.07 Å². The summed E-state index contributed by atoms with van der Waals surface area (Å²) in [4.78, 5) is 10.7. The molecule has 0 saturated carbocycles. The fourth-order valence-electron chi connectivity index (χ4n) is 1.26. The molecule has 1 rings (SSSR count). The molecule has 0 fully saturated rings. The number of carboxylic acids is 1. The molecule has 1 aromatic carbocycles. The van der Waals surface area contributed by atoms with Crippen LogP contribution in [0.1, 0.15) is 21.5 Å². The average molecular weight is 219 g/mol. The fourth-order valence-corrected chi connectivity index (χ4v) is 1.26. The van der Waals surface area contributed by atoms with Crippen molar-refractivity contribution in [3.8, 4) is 0 Å². The lowest BCUT2D eigenvalue weighted by atomic mass is 10.0. The molecule has 0 heterocycles. The van der Waals surface area contributed by atoms with Crippen LogP contribution in [0.3, 0.4) is 0 Å². The van der Waals surface area contributed by atoms with Gasteiger partial charge >= 0.3 is 12.1 Å². The largest absolute Gasteiger partial charge is 0.478 e. The SMILES string of the molecule is NCc1cccc(C(F)(F)F)c1C(=O)O. The van der Waals surface area contributed by atoms with Crippen LogP contribution < -0.4 is 5.73 Å². The average Bonchev–Trinajstić information content (AvgIpc) is 2.15. The van der Waals surface area contributed by atoms with E-state index in [9.17, 15) is 18.0 Å². The minimum absolute atomic E-state index is 0.0303. The maximum Gasteiger partial charge on any atom is 0.417 e. The predicted octanol–water partition coefficient (Wildman–Crippen LogP) is 1.86. The van der Waals surface area contributed by atoms with Gasteiger partial charge in [-0.1, -0.05) is 12.1 Å². The summed E-state index contributed by atoms with van der Waals surface area (Å²) in [6.45, 7) is -0.244. The number of alkyl halides is 3. The van der Waals surface area contributed by atoms with Crippen molar-refractivity contribution in [2.75, 3.05) is 0 Å². The van der Waals surface area contributed by atoms with Crippen LogP contribution in [0.4, 0.5) is 13.2 Å². The Labute approximate surface area is 83.3 Å². The molecule has 0 amide bonds.